The van der Waals surface area contributed by atoms with E-state index in [1.54, 1.807) is 0 Å². The molecule has 0 aromatic heterocycles. The molecule has 2 aliphatic rings. The topological polar surface area (TPSA) is 0 Å². The molecule has 350 valence electrons. The van der Waals surface area contributed by atoms with Crippen molar-refractivity contribution < 1.29 is 20.8 Å². The fourth-order valence-corrected chi connectivity index (χ4v) is 10.7. The number of hydrogen-bond acceptors (Lipinski definition) is 0. The first-order valence-corrected chi connectivity index (χ1v) is 33.8. The van der Waals surface area contributed by atoms with Gasteiger partial charge in [0.25, 0.3) is 0 Å². The Morgan fingerprint density at radius 2 is 0.662 bits per heavy atom. The Bertz CT molecular complexity index is 2380. The molecule has 0 spiro atoms. The van der Waals surface area contributed by atoms with Crippen LogP contribution in [0.5, 0.6) is 0 Å². The molecule has 0 unspecified atom stereocenters. The Morgan fingerprint density at radius 3 is 0.941 bits per heavy atom. The van der Waals surface area contributed by atoms with Crippen LogP contribution in [0.25, 0.3) is 66.1 Å². The van der Waals surface area contributed by atoms with Gasteiger partial charge in [0.1, 0.15) is 0 Å². The van der Waals surface area contributed by atoms with Crippen molar-refractivity contribution in [2.45, 2.75) is 131 Å². The SMILES string of the molecule is C[Si]C.Cc1ccc(-c2ccc(-c3ccc(C)cc3)c3[cH-]c(CC4CCCCCC4)cc23)cc1.Cc1ccc(-c2ccc(-c3ccc(C)cc3)c3[cH-]c(CC4CCCCCC4)cc23)cc1.[Cl][Zr+2][Cl]. The summed E-state index contributed by atoms with van der Waals surface area (Å²) in [6, 6.07) is 55.3. The van der Waals surface area contributed by atoms with Crippen molar-refractivity contribution in [3.05, 3.63) is 179 Å². The molecule has 8 aromatic carbocycles. The van der Waals surface area contributed by atoms with Crippen LogP contribution in [0.3, 0.4) is 0 Å². The Labute approximate surface area is 431 Å². The third-order valence-electron chi connectivity index (χ3n) is 14.3. The van der Waals surface area contributed by atoms with E-state index in [4.69, 9.17) is 17.0 Å². The number of rotatable bonds is 8. The first kappa shape index (κ1) is 52.1. The summed E-state index contributed by atoms with van der Waals surface area (Å²) in [5.74, 6) is 1.70. The van der Waals surface area contributed by atoms with E-state index >= 15 is 0 Å². The first-order chi connectivity index (χ1) is 33.2. The van der Waals surface area contributed by atoms with Crippen LogP contribution in [0, 0.1) is 39.5 Å². The Kier molecular flexibility index (Phi) is 20.2. The molecule has 2 fully saturated rings. The molecule has 2 aliphatic carbocycles. The molecule has 0 N–H and O–H groups in total. The van der Waals surface area contributed by atoms with E-state index < -0.39 is 20.8 Å². The van der Waals surface area contributed by atoms with E-state index in [9.17, 15) is 0 Å². The molecule has 0 atom stereocenters. The van der Waals surface area contributed by atoms with E-state index in [-0.39, 0.29) is 0 Å². The fourth-order valence-electron chi connectivity index (χ4n) is 10.7. The molecule has 4 heteroatoms. The molecule has 8 aromatic rings. The van der Waals surface area contributed by atoms with Gasteiger partial charge in [-0.25, -0.2) is 0 Å². The summed E-state index contributed by atoms with van der Waals surface area (Å²) in [6.07, 6.45) is 19.4. The van der Waals surface area contributed by atoms with Gasteiger partial charge in [0.2, 0.25) is 0 Å². The molecule has 10 rings (SSSR count). The van der Waals surface area contributed by atoms with Gasteiger partial charge >= 0.3 is 37.9 Å². The van der Waals surface area contributed by atoms with Gasteiger partial charge in [-0.15, -0.1) is 44.8 Å². The van der Waals surface area contributed by atoms with Crippen LogP contribution >= 0.6 is 17.0 Å². The molecular weight excluding hydrogens is 959 g/mol. The van der Waals surface area contributed by atoms with E-state index in [0.29, 0.717) is 0 Å². The van der Waals surface area contributed by atoms with Crippen LogP contribution in [-0.4, -0.2) is 9.52 Å². The first-order valence-electron chi connectivity index (χ1n) is 25.5. The maximum atomic E-state index is 4.93. The molecule has 0 amide bonds. The predicted octanol–water partition coefficient (Wildman–Crippen LogP) is 20.2. The summed E-state index contributed by atoms with van der Waals surface area (Å²) in [7, 11) is 11.0. The average Bonchev–Trinajstić information content (AvgIpc) is 3.74. The van der Waals surface area contributed by atoms with Crippen LogP contribution in [0.2, 0.25) is 13.1 Å². The van der Waals surface area contributed by atoms with Gasteiger partial charge in [0.15, 0.2) is 0 Å². The summed E-state index contributed by atoms with van der Waals surface area (Å²) < 4.78 is 0. The van der Waals surface area contributed by atoms with E-state index in [2.05, 4.69) is 186 Å². The molecule has 2 saturated carbocycles. The van der Waals surface area contributed by atoms with Crippen LogP contribution in [-0.2, 0) is 33.7 Å². The van der Waals surface area contributed by atoms with Crippen LogP contribution in [0.4, 0.5) is 0 Å². The van der Waals surface area contributed by atoms with Gasteiger partial charge in [-0.1, -0.05) is 267 Å². The zero-order valence-corrected chi connectivity index (χ0v) is 46.6. The number of aryl methyl sites for hydroxylation is 4. The van der Waals surface area contributed by atoms with Crippen molar-refractivity contribution in [3.8, 4) is 44.5 Å². The predicted molar refractivity (Wildman–Crippen MR) is 299 cm³/mol. The summed E-state index contributed by atoms with van der Waals surface area (Å²) >= 11 is -0.826. The molecule has 68 heavy (non-hydrogen) atoms. The van der Waals surface area contributed by atoms with Crippen LogP contribution < -0.4 is 0 Å². The van der Waals surface area contributed by atoms with Gasteiger partial charge < -0.3 is 0 Å². The van der Waals surface area contributed by atoms with Gasteiger partial charge in [-0.3, -0.25) is 0 Å². The number of fused-ring (bicyclic) bond motifs is 2. The molecule has 0 heterocycles. The van der Waals surface area contributed by atoms with Gasteiger partial charge in [-0.2, -0.15) is 12.1 Å². The molecule has 0 saturated heterocycles. The number of hydrogen-bond donors (Lipinski definition) is 0. The van der Waals surface area contributed by atoms with Crippen molar-refractivity contribution in [3.63, 3.8) is 0 Å². The standard InChI is InChI=1S/2C31H33.C2H6Si.2ClH.Zr/c2*1-22-9-13-26(14-10-22)28-17-18-29(27-15-11-23(2)12-16-27)31-21-25(20-30(28)31)19-24-7-5-3-4-6-8-24;1-3-2;;;/h2*9-18,20-21,24H,3-8,19H2,1-2H3;1-2H3;2*1H;/q2*-1;;;;+4/p-2. The maximum absolute atomic E-state index is 4.93. The molecule has 2 radical (unpaired) electrons. The van der Waals surface area contributed by atoms with Gasteiger partial charge in [0, 0.05) is 9.52 Å². The molecule has 0 aliphatic heterocycles. The van der Waals surface area contributed by atoms with Gasteiger partial charge in [-0.05, 0) is 63.5 Å². The second-order valence-corrected chi connectivity index (χ2v) is 24.6. The fraction of sp³-hybridized carbons (Fsp3) is 0.344. The van der Waals surface area contributed by atoms with Crippen LogP contribution in [0.1, 0.15) is 110 Å². The summed E-state index contributed by atoms with van der Waals surface area (Å²) in [6.45, 7) is 12.9. The quantitative estimate of drug-likeness (QED) is 0.0808. The Hall–Kier alpha value is -3.78. The second kappa shape index (κ2) is 26.4. The third kappa shape index (κ3) is 14.2. The molecular formula is C64H72Cl2SiZr. The van der Waals surface area contributed by atoms with Crippen molar-refractivity contribution in [1.82, 2.24) is 0 Å². The van der Waals surface area contributed by atoms with Crippen molar-refractivity contribution in [1.29, 1.82) is 0 Å². The average molecular weight is 1030 g/mol. The van der Waals surface area contributed by atoms with Crippen molar-refractivity contribution in [2.24, 2.45) is 11.8 Å². The number of halogens is 2. The van der Waals surface area contributed by atoms with Crippen molar-refractivity contribution in [2.75, 3.05) is 0 Å². The molecule has 0 bridgehead atoms. The summed E-state index contributed by atoms with van der Waals surface area (Å²) in [5.41, 5.74) is 19.0. The Morgan fingerprint density at radius 1 is 0.412 bits per heavy atom. The zero-order valence-electron chi connectivity index (χ0n) is 41.7. The Balaban J connectivity index is 0.000000181. The van der Waals surface area contributed by atoms with Crippen molar-refractivity contribution >= 4 is 48.1 Å². The summed E-state index contributed by atoms with van der Waals surface area (Å²) in [5, 5.41) is 5.63. The number of benzene rings is 6. The van der Waals surface area contributed by atoms with E-state index in [0.717, 1.165) is 21.4 Å². The minimum atomic E-state index is -0.826. The molecule has 0 nitrogen and oxygen atoms in total. The normalized spacial score (nSPS) is 14.4. The van der Waals surface area contributed by atoms with Gasteiger partial charge in [0.05, 0.1) is 0 Å². The van der Waals surface area contributed by atoms with Crippen LogP contribution in [0.15, 0.2) is 146 Å². The monoisotopic (exact) mass is 1030 g/mol. The third-order valence-corrected chi connectivity index (χ3v) is 14.3. The van der Waals surface area contributed by atoms with E-state index in [1.807, 2.05) is 0 Å². The van der Waals surface area contributed by atoms with E-state index in [1.165, 1.54) is 189 Å². The minimum absolute atomic E-state index is 0.826. The second-order valence-electron chi connectivity index (χ2n) is 19.9. The summed E-state index contributed by atoms with van der Waals surface area (Å²) in [4.78, 5) is 0. The zero-order chi connectivity index (χ0) is 47.8.